The Morgan fingerprint density at radius 2 is 1.64 bits per heavy atom. The van der Waals surface area contributed by atoms with Gasteiger partial charge in [-0.15, -0.1) is 0 Å². The molecule has 0 aromatic heterocycles. The molecule has 0 saturated carbocycles. The third-order valence-corrected chi connectivity index (χ3v) is 6.89. The smallest absolute Gasteiger partial charge is 0.350 e. The minimum Gasteiger partial charge on any atom is -0.350 e. The predicted molar refractivity (Wildman–Crippen MR) is 120 cm³/mol. The van der Waals surface area contributed by atoms with E-state index in [9.17, 15) is 26.4 Å². The molecule has 174 valence electrons. The van der Waals surface area contributed by atoms with Crippen LogP contribution in [-0.2, 0) is 27.5 Å². The molecule has 0 aliphatic heterocycles. The zero-order chi connectivity index (χ0) is 24.2. The number of hydrogen-bond donors (Lipinski definition) is 1. The summed E-state index contributed by atoms with van der Waals surface area (Å²) in [6, 6.07) is 17.2. The number of nitrogens with one attached hydrogen (secondary N) is 1. The normalized spacial score (nSPS) is 11.8. The quantitative estimate of drug-likeness (QED) is 0.490. The Hall–Kier alpha value is -3.04. The molecule has 0 atom stereocenters. The number of amides is 1. The molecule has 33 heavy (non-hydrogen) atoms. The fourth-order valence-electron chi connectivity index (χ4n) is 3.01. The Morgan fingerprint density at radius 3 is 2.24 bits per heavy atom. The van der Waals surface area contributed by atoms with Crippen LogP contribution in [0.3, 0.4) is 0 Å². The number of benzene rings is 3. The van der Waals surface area contributed by atoms with Crippen LogP contribution in [0.4, 0.5) is 18.9 Å². The van der Waals surface area contributed by atoms with Crippen LogP contribution in [0.15, 0.2) is 77.7 Å². The monoisotopic (exact) mass is 496 g/mol. The third kappa shape index (κ3) is 6.06. The van der Waals surface area contributed by atoms with Gasteiger partial charge in [0.15, 0.2) is 0 Å². The van der Waals surface area contributed by atoms with Crippen molar-refractivity contribution in [2.75, 3.05) is 10.8 Å². The van der Waals surface area contributed by atoms with Crippen molar-refractivity contribution in [3.63, 3.8) is 0 Å². The van der Waals surface area contributed by atoms with E-state index in [0.29, 0.717) is 10.4 Å². The largest absolute Gasteiger partial charge is 0.417 e. The molecular formula is C23H20ClF3N2O3S. The zero-order valence-corrected chi connectivity index (χ0v) is 19.0. The van der Waals surface area contributed by atoms with Crippen LogP contribution >= 0.6 is 11.6 Å². The predicted octanol–water partition coefficient (Wildman–Crippen LogP) is 5.18. The molecular weight excluding hydrogens is 477 g/mol. The van der Waals surface area contributed by atoms with Gasteiger partial charge in [-0.25, -0.2) is 8.42 Å². The molecule has 10 heteroatoms. The molecule has 0 saturated heterocycles. The third-order valence-electron chi connectivity index (χ3n) is 4.77. The molecule has 0 fully saturated rings. The first kappa shape index (κ1) is 24.6. The van der Waals surface area contributed by atoms with Gasteiger partial charge in [0.25, 0.3) is 10.0 Å². The highest BCUT2D eigenvalue weighted by Crippen LogP contribution is 2.38. The minimum absolute atomic E-state index is 0.132. The SMILES string of the molecule is Cc1ccc(CNC(=O)CN(c2ccc(Cl)c(C(F)(F)F)c2)S(=O)(=O)c2ccccc2)cc1. The van der Waals surface area contributed by atoms with Crippen molar-refractivity contribution in [1.29, 1.82) is 0 Å². The van der Waals surface area contributed by atoms with Gasteiger partial charge in [0.1, 0.15) is 6.54 Å². The topological polar surface area (TPSA) is 66.5 Å². The lowest BCUT2D eigenvalue weighted by molar-refractivity contribution is -0.137. The number of hydrogen-bond acceptors (Lipinski definition) is 3. The fourth-order valence-corrected chi connectivity index (χ4v) is 4.67. The number of rotatable bonds is 7. The van der Waals surface area contributed by atoms with Crippen molar-refractivity contribution in [1.82, 2.24) is 5.32 Å². The zero-order valence-electron chi connectivity index (χ0n) is 17.4. The van der Waals surface area contributed by atoms with Crippen LogP contribution in [0.5, 0.6) is 0 Å². The summed E-state index contributed by atoms with van der Waals surface area (Å²) >= 11 is 5.68. The van der Waals surface area contributed by atoms with Crippen molar-refractivity contribution >= 4 is 33.2 Å². The molecule has 0 bridgehead atoms. The molecule has 3 aromatic rings. The van der Waals surface area contributed by atoms with E-state index in [0.717, 1.165) is 23.3 Å². The van der Waals surface area contributed by atoms with Crippen LogP contribution < -0.4 is 9.62 Å². The number of aryl methyl sites for hydroxylation is 1. The maximum Gasteiger partial charge on any atom is 0.417 e. The number of carbonyl (C=O) groups excluding carboxylic acids is 1. The molecule has 0 unspecified atom stereocenters. The molecule has 0 spiro atoms. The molecule has 0 radical (unpaired) electrons. The van der Waals surface area contributed by atoms with Crippen LogP contribution in [0, 0.1) is 6.92 Å². The second-order valence-electron chi connectivity index (χ2n) is 7.25. The highest BCUT2D eigenvalue weighted by atomic mass is 35.5. The Bertz CT molecular complexity index is 1230. The molecule has 3 aromatic carbocycles. The second kappa shape index (κ2) is 9.84. The number of sulfonamides is 1. The molecule has 1 amide bonds. The van der Waals surface area contributed by atoms with Crippen molar-refractivity contribution in [2.45, 2.75) is 24.5 Å². The molecule has 0 aliphatic carbocycles. The summed E-state index contributed by atoms with van der Waals surface area (Å²) in [5, 5.41) is 2.03. The Kier molecular flexibility index (Phi) is 7.34. The molecule has 3 rings (SSSR count). The van der Waals surface area contributed by atoms with Gasteiger partial charge in [-0.3, -0.25) is 9.10 Å². The van der Waals surface area contributed by atoms with E-state index >= 15 is 0 Å². The van der Waals surface area contributed by atoms with E-state index in [-0.39, 0.29) is 17.1 Å². The highest BCUT2D eigenvalue weighted by molar-refractivity contribution is 7.92. The maximum absolute atomic E-state index is 13.4. The van der Waals surface area contributed by atoms with E-state index < -0.39 is 39.2 Å². The average Bonchev–Trinajstić information content (AvgIpc) is 2.77. The van der Waals surface area contributed by atoms with Gasteiger partial charge in [0.05, 0.1) is 21.2 Å². The molecule has 0 aliphatic rings. The van der Waals surface area contributed by atoms with E-state index in [4.69, 9.17) is 11.6 Å². The first-order valence-electron chi connectivity index (χ1n) is 9.75. The van der Waals surface area contributed by atoms with E-state index in [1.54, 1.807) is 6.07 Å². The lowest BCUT2D eigenvalue weighted by Crippen LogP contribution is -2.40. The van der Waals surface area contributed by atoms with Gasteiger partial charge in [-0.1, -0.05) is 59.6 Å². The summed E-state index contributed by atoms with van der Waals surface area (Å²) < 4.78 is 67.3. The summed E-state index contributed by atoms with van der Waals surface area (Å²) in [4.78, 5) is 12.5. The summed E-state index contributed by atoms with van der Waals surface area (Å²) in [5.41, 5.74) is 0.293. The van der Waals surface area contributed by atoms with Crippen molar-refractivity contribution in [2.24, 2.45) is 0 Å². The summed E-state index contributed by atoms with van der Waals surface area (Å²) in [6.45, 7) is 1.32. The van der Waals surface area contributed by atoms with Crippen molar-refractivity contribution in [3.05, 3.63) is 94.5 Å². The van der Waals surface area contributed by atoms with Gasteiger partial charge < -0.3 is 5.32 Å². The number of alkyl halides is 3. The van der Waals surface area contributed by atoms with Crippen molar-refractivity contribution < 1.29 is 26.4 Å². The van der Waals surface area contributed by atoms with E-state index in [2.05, 4.69) is 5.32 Å². The Balaban J connectivity index is 1.94. The Labute approximate surface area is 194 Å². The molecule has 0 heterocycles. The lowest BCUT2D eigenvalue weighted by atomic mass is 10.1. The summed E-state index contributed by atoms with van der Waals surface area (Å²) in [6.07, 6.45) is -4.80. The number of anilines is 1. The number of halogens is 4. The van der Waals surface area contributed by atoms with Crippen LogP contribution in [0.2, 0.25) is 5.02 Å². The van der Waals surface area contributed by atoms with E-state index in [1.165, 1.54) is 24.3 Å². The molecule has 1 N–H and O–H groups in total. The molecule has 5 nitrogen and oxygen atoms in total. The van der Waals surface area contributed by atoms with Crippen LogP contribution in [-0.4, -0.2) is 20.9 Å². The highest BCUT2D eigenvalue weighted by Gasteiger charge is 2.35. The van der Waals surface area contributed by atoms with E-state index in [1.807, 2.05) is 31.2 Å². The minimum atomic E-state index is -4.80. The van der Waals surface area contributed by atoms with Gasteiger partial charge in [-0.2, -0.15) is 13.2 Å². The van der Waals surface area contributed by atoms with Gasteiger partial charge in [0, 0.05) is 6.54 Å². The van der Waals surface area contributed by atoms with Crippen molar-refractivity contribution in [3.8, 4) is 0 Å². The maximum atomic E-state index is 13.4. The second-order valence-corrected chi connectivity index (χ2v) is 9.52. The van der Waals surface area contributed by atoms with Gasteiger partial charge in [-0.05, 0) is 42.8 Å². The average molecular weight is 497 g/mol. The summed E-state index contributed by atoms with van der Waals surface area (Å²) in [5.74, 6) is -0.682. The standard InChI is InChI=1S/C23H20ClF3N2O3S/c1-16-7-9-17(10-8-16)14-28-22(30)15-29(33(31,32)19-5-3-2-4-6-19)18-11-12-21(24)20(13-18)23(25,26)27/h2-13H,14-15H2,1H3,(H,28,30). The number of nitrogens with zero attached hydrogens (tertiary/aromatic N) is 1. The first-order chi connectivity index (χ1) is 15.5. The van der Waals surface area contributed by atoms with Gasteiger partial charge >= 0.3 is 6.18 Å². The van der Waals surface area contributed by atoms with Crippen LogP contribution in [0.1, 0.15) is 16.7 Å². The fraction of sp³-hybridized carbons (Fsp3) is 0.174. The van der Waals surface area contributed by atoms with Gasteiger partial charge in [0.2, 0.25) is 5.91 Å². The first-order valence-corrected chi connectivity index (χ1v) is 11.6. The Morgan fingerprint density at radius 1 is 1.00 bits per heavy atom. The van der Waals surface area contributed by atoms with Crippen LogP contribution in [0.25, 0.3) is 0 Å². The summed E-state index contributed by atoms with van der Waals surface area (Å²) in [7, 11) is -4.35. The lowest BCUT2D eigenvalue weighted by Gasteiger charge is -2.25. The number of carbonyl (C=O) groups is 1.